The molecule has 6 nitrogen and oxygen atoms in total. The van der Waals surface area contributed by atoms with Crippen molar-refractivity contribution in [1.82, 2.24) is 5.32 Å². The van der Waals surface area contributed by atoms with Crippen molar-refractivity contribution < 1.29 is 14.2 Å². The van der Waals surface area contributed by atoms with Crippen LogP contribution in [-0.4, -0.2) is 38.0 Å². The third kappa shape index (κ3) is 4.91. The van der Waals surface area contributed by atoms with Crippen molar-refractivity contribution in [2.75, 3.05) is 26.6 Å². The molecule has 0 radical (unpaired) electrons. The first-order chi connectivity index (χ1) is 11.4. The first-order valence-corrected chi connectivity index (χ1v) is 8.44. The predicted octanol–water partition coefficient (Wildman–Crippen LogP) is 2.78. The number of nitrogens with one attached hydrogen (secondary N) is 1. The van der Waals surface area contributed by atoms with Crippen LogP contribution in [0.3, 0.4) is 0 Å². The molecule has 0 saturated carbocycles. The second kappa shape index (κ2) is 7.99. The summed E-state index contributed by atoms with van der Waals surface area (Å²) in [6, 6.07) is 6.17. The highest BCUT2D eigenvalue weighted by atomic mass is 127. The third-order valence-corrected chi connectivity index (χ3v) is 4.49. The van der Waals surface area contributed by atoms with Crippen molar-refractivity contribution in [3.8, 4) is 11.5 Å². The van der Waals surface area contributed by atoms with Crippen LogP contribution in [0.1, 0.15) is 39.2 Å². The van der Waals surface area contributed by atoms with Crippen LogP contribution in [-0.2, 0) is 10.2 Å². The number of nitrogens with zero attached hydrogens (tertiary/aromatic N) is 1. The van der Waals surface area contributed by atoms with E-state index in [9.17, 15) is 0 Å². The van der Waals surface area contributed by atoms with Crippen LogP contribution >= 0.6 is 24.0 Å². The van der Waals surface area contributed by atoms with Crippen LogP contribution in [0, 0.1) is 0 Å². The minimum Gasteiger partial charge on any atom is -0.454 e. The first kappa shape index (κ1) is 20.1. The molecule has 0 aromatic heterocycles. The van der Waals surface area contributed by atoms with Crippen LogP contribution in [0.25, 0.3) is 0 Å². The lowest BCUT2D eigenvalue weighted by atomic mass is 9.74. The van der Waals surface area contributed by atoms with E-state index in [0.29, 0.717) is 12.5 Å². The van der Waals surface area contributed by atoms with Gasteiger partial charge in [-0.3, -0.25) is 4.99 Å². The molecular weight excluding hydrogens is 433 g/mol. The van der Waals surface area contributed by atoms with Gasteiger partial charge in [0.05, 0.1) is 6.54 Å². The molecule has 140 valence electrons. The molecule has 7 heteroatoms. The number of nitrogens with two attached hydrogens (primary N) is 1. The number of rotatable bonds is 3. The number of aliphatic imine (C=N–C) groups is 1. The fourth-order valence-electron chi connectivity index (χ4n) is 3.19. The fourth-order valence-corrected chi connectivity index (χ4v) is 3.19. The van der Waals surface area contributed by atoms with E-state index in [1.54, 1.807) is 0 Å². The molecule has 1 aromatic rings. The molecule has 2 heterocycles. The quantitative estimate of drug-likeness (QED) is 0.411. The molecule has 0 bridgehead atoms. The number of ether oxygens (including phenoxy) is 3. The molecule has 1 aromatic carbocycles. The molecule has 0 aliphatic carbocycles. The van der Waals surface area contributed by atoms with E-state index < -0.39 is 0 Å². The van der Waals surface area contributed by atoms with Gasteiger partial charge in [0.2, 0.25) is 6.79 Å². The highest BCUT2D eigenvalue weighted by molar-refractivity contribution is 14.0. The number of hydrogen-bond donors (Lipinski definition) is 2. The van der Waals surface area contributed by atoms with E-state index in [-0.39, 0.29) is 41.7 Å². The van der Waals surface area contributed by atoms with Gasteiger partial charge < -0.3 is 25.3 Å². The summed E-state index contributed by atoms with van der Waals surface area (Å²) >= 11 is 0. The molecule has 1 saturated heterocycles. The van der Waals surface area contributed by atoms with Gasteiger partial charge >= 0.3 is 0 Å². The first-order valence-electron chi connectivity index (χ1n) is 8.44. The highest BCUT2D eigenvalue weighted by Gasteiger charge is 2.35. The summed E-state index contributed by atoms with van der Waals surface area (Å²) in [4.78, 5) is 4.63. The minimum absolute atomic E-state index is 0. The molecule has 3 rings (SSSR count). The lowest BCUT2D eigenvalue weighted by molar-refractivity contribution is 0.0530. The summed E-state index contributed by atoms with van der Waals surface area (Å²) in [5.74, 6) is 2.09. The zero-order valence-electron chi connectivity index (χ0n) is 15.1. The van der Waals surface area contributed by atoms with Gasteiger partial charge in [0.15, 0.2) is 17.5 Å². The predicted molar refractivity (Wildman–Crippen MR) is 109 cm³/mol. The molecule has 2 aliphatic rings. The molecular formula is C18H28IN3O3. The fraction of sp³-hybridized carbons (Fsp3) is 0.611. The van der Waals surface area contributed by atoms with Crippen LogP contribution < -0.4 is 20.5 Å². The maximum atomic E-state index is 6.07. The van der Waals surface area contributed by atoms with E-state index >= 15 is 0 Å². The number of fused-ring (bicyclic) bond motifs is 1. The van der Waals surface area contributed by atoms with Crippen LogP contribution in [0.15, 0.2) is 23.2 Å². The molecule has 1 fully saturated rings. The number of guanidine groups is 1. The number of benzene rings is 1. The van der Waals surface area contributed by atoms with Crippen molar-refractivity contribution in [1.29, 1.82) is 0 Å². The monoisotopic (exact) mass is 461 g/mol. The standard InChI is InChI=1S/C18H27N3O3.HI/c1-17(2,3)21-16(19)20-11-18(6-8-22-9-7-18)13-4-5-14-15(10-13)24-12-23-14;/h4-5,10H,6-9,11-12H2,1-3H3,(H3,19,20,21);1H. The van der Waals surface area contributed by atoms with E-state index in [0.717, 1.165) is 37.6 Å². The minimum atomic E-state index is -0.102. The summed E-state index contributed by atoms with van der Waals surface area (Å²) < 4.78 is 16.5. The van der Waals surface area contributed by atoms with Crippen molar-refractivity contribution in [3.63, 3.8) is 0 Å². The van der Waals surface area contributed by atoms with Gasteiger partial charge in [-0.15, -0.1) is 24.0 Å². The smallest absolute Gasteiger partial charge is 0.231 e. The SMILES string of the molecule is CC(C)(C)NC(N)=NCC1(c2ccc3c(c2)OCO3)CCOCC1.I. The Morgan fingerprint density at radius 2 is 1.88 bits per heavy atom. The summed E-state index contributed by atoms with van der Waals surface area (Å²) in [6.45, 7) is 8.58. The lowest BCUT2D eigenvalue weighted by Crippen LogP contribution is -2.46. The Balaban J connectivity index is 0.00000225. The van der Waals surface area contributed by atoms with E-state index in [2.05, 4.69) is 43.2 Å². The Morgan fingerprint density at radius 3 is 2.56 bits per heavy atom. The Morgan fingerprint density at radius 1 is 1.20 bits per heavy atom. The van der Waals surface area contributed by atoms with Gasteiger partial charge in [0.25, 0.3) is 0 Å². The van der Waals surface area contributed by atoms with Gasteiger partial charge in [0.1, 0.15) is 0 Å². The Bertz CT molecular complexity index is 622. The van der Waals surface area contributed by atoms with Crippen LogP contribution in [0.2, 0.25) is 0 Å². The number of hydrogen-bond acceptors (Lipinski definition) is 4. The molecule has 2 aliphatic heterocycles. The van der Waals surface area contributed by atoms with Gasteiger partial charge in [-0.05, 0) is 51.3 Å². The summed E-state index contributed by atoms with van der Waals surface area (Å²) in [7, 11) is 0. The molecule has 25 heavy (non-hydrogen) atoms. The highest BCUT2D eigenvalue weighted by Crippen LogP contribution is 2.41. The Hall–Kier alpha value is -1.22. The van der Waals surface area contributed by atoms with Crippen molar-refractivity contribution in [2.24, 2.45) is 10.7 Å². The summed E-state index contributed by atoms with van der Waals surface area (Å²) in [6.07, 6.45) is 1.83. The zero-order chi connectivity index (χ0) is 17.2. The topological polar surface area (TPSA) is 78.1 Å². The zero-order valence-corrected chi connectivity index (χ0v) is 17.5. The van der Waals surface area contributed by atoms with Gasteiger partial charge in [-0.1, -0.05) is 6.07 Å². The number of halogens is 1. The molecule has 3 N–H and O–H groups in total. The second-order valence-electron chi connectivity index (χ2n) is 7.54. The Kier molecular flexibility index (Phi) is 6.42. The second-order valence-corrected chi connectivity index (χ2v) is 7.54. The van der Waals surface area contributed by atoms with Crippen molar-refractivity contribution in [2.45, 2.75) is 44.6 Å². The van der Waals surface area contributed by atoms with E-state index in [4.69, 9.17) is 19.9 Å². The maximum absolute atomic E-state index is 6.07. The molecule has 0 spiro atoms. The van der Waals surface area contributed by atoms with Crippen molar-refractivity contribution in [3.05, 3.63) is 23.8 Å². The Labute approximate surface area is 166 Å². The molecule has 0 unspecified atom stereocenters. The van der Waals surface area contributed by atoms with E-state index in [1.807, 2.05) is 6.07 Å². The van der Waals surface area contributed by atoms with Crippen molar-refractivity contribution >= 4 is 29.9 Å². The average molecular weight is 461 g/mol. The van der Waals surface area contributed by atoms with Gasteiger partial charge in [-0.2, -0.15) is 0 Å². The average Bonchev–Trinajstić information content (AvgIpc) is 3.00. The van der Waals surface area contributed by atoms with Gasteiger partial charge in [0, 0.05) is 24.2 Å². The third-order valence-electron chi connectivity index (χ3n) is 4.49. The summed E-state index contributed by atoms with van der Waals surface area (Å²) in [5.41, 5.74) is 7.10. The molecule has 0 amide bonds. The molecule has 0 atom stereocenters. The maximum Gasteiger partial charge on any atom is 0.231 e. The van der Waals surface area contributed by atoms with Gasteiger partial charge in [-0.25, -0.2) is 0 Å². The van der Waals surface area contributed by atoms with Crippen LogP contribution in [0.4, 0.5) is 0 Å². The lowest BCUT2D eigenvalue weighted by Gasteiger charge is -2.36. The largest absolute Gasteiger partial charge is 0.454 e. The summed E-state index contributed by atoms with van der Waals surface area (Å²) in [5, 5.41) is 3.22. The normalized spacial score (nSPS) is 19.2. The van der Waals surface area contributed by atoms with Crippen LogP contribution in [0.5, 0.6) is 11.5 Å². The van der Waals surface area contributed by atoms with E-state index in [1.165, 1.54) is 5.56 Å².